The van der Waals surface area contributed by atoms with E-state index in [0.717, 1.165) is 0 Å². The van der Waals surface area contributed by atoms with Crippen molar-refractivity contribution < 1.29 is 18.7 Å². The van der Waals surface area contributed by atoms with Gasteiger partial charge in [-0.1, -0.05) is 15.9 Å². The molecule has 0 fully saturated rings. The van der Waals surface area contributed by atoms with Crippen LogP contribution in [0.4, 0.5) is 14.6 Å². The summed E-state index contributed by atoms with van der Waals surface area (Å²) in [4.78, 5) is 14.3. The fourth-order valence-electron chi connectivity index (χ4n) is 1.32. The van der Waals surface area contributed by atoms with Crippen LogP contribution in [-0.2, 0) is 16.5 Å². The molecule has 4 nitrogen and oxygen atoms in total. The normalized spacial score (nSPS) is 10.8. The third-order valence-corrected chi connectivity index (χ3v) is 2.50. The minimum absolute atomic E-state index is 0.00412. The molecule has 1 heterocycles. The predicted molar refractivity (Wildman–Crippen MR) is 57.6 cm³/mol. The molecule has 0 spiro atoms. The molecular weight excluding hydrogens is 286 g/mol. The molecule has 0 aliphatic heterocycles. The second kappa shape index (κ2) is 5.20. The Bertz CT molecular complexity index is 413. The molecule has 0 atom stereocenters. The Labute approximate surface area is 98.6 Å². The summed E-state index contributed by atoms with van der Waals surface area (Å²) in [5.41, 5.74) is 5.31. The van der Waals surface area contributed by atoms with Gasteiger partial charge in [0, 0.05) is 5.33 Å². The zero-order chi connectivity index (χ0) is 12.3. The number of aromatic nitrogens is 1. The number of carbonyl (C=O) groups is 1. The number of carboxylic acid groups (broad SMARTS) is 1. The monoisotopic (exact) mass is 294 g/mol. The number of pyridine rings is 1. The molecule has 0 aliphatic carbocycles. The van der Waals surface area contributed by atoms with Crippen molar-refractivity contribution in [2.75, 3.05) is 5.73 Å². The Morgan fingerprint density at radius 3 is 2.69 bits per heavy atom. The van der Waals surface area contributed by atoms with Crippen molar-refractivity contribution in [2.45, 2.75) is 18.2 Å². The summed E-state index contributed by atoms with van der Waals surface area (Å²) < 4.78 is 25.3. The van der Waals surface area contributed by atoms with Crippen molar-refractivity contribution in [3.05, 3.63) is 22.9 Å². The maximum Gasteiger partial charge on any atom is 0.307 e. The second-order valence-corrected chi connectivity index (χ2v) is 3.64. The molecule has 1 aromatic rings. The highest BCUT2D eigenvalue weighted by molar-refractivity contribution is 9.08. The number of rotatable bonds is 4. The van der Waals surface area contributed by atoms with Crippen LogP contribution < -0.4 is 5.73 Å². The second-order valence-electron chi connectivity index (χ2n) is 3.08. The first kappa shape index (κ1) is 12.8. The summed E-state index contributed by atoms with van der Waals surface area (Å²) in [7, 11) is 0. The number of halogens is 3. The van der Waals surface area contributed by atoms with Crippen LogP contribution in [-0.4, -0.2) is 16.1 Å². The number of anilines is 1. The fourth-order valence-corrected chi connectivity index (χ4v) is 1.61. The van der Waals surface area contributed by atoms with Crippen LogP contribution in [0.2, 0.25) is 0 Å². The summed E-state index contributed by atoms with van der Waals surface area (Å²) in [6, 6.07) is 1.32. The van der Waals surface area contributed by atoms with E-state index in [4.69, 9.17) is 10.8 Å². The lowest BCUT2D eigenvalue weighted by molar-refractivity contribution is -0.136. The van der Waals surface area contributed by atoms with Gasteiger partial charge in [-0.15, -0.1) is 0 Å². The van der Waals surface area contributed by atoms with Gasteiger partial charge in [0.15, 0.2) is 0 Å². The zero-order valence-electron chi connectivity index (χ0n) is 8.08. The van der Waals surface area contributed by atoms with Gasteiger partial charge >= 0.3 is 5.97 Å². The van der Waals surface area contributed by atoms with E-state index in [1.807, 2.05) is 0 Å². The topological polar surface area (TPSA) is 76.2 Å². The van der Waals surface area contributed by atoms with Crippen LogP contribution in [0.5, 0.6) is 0 Å². The lowest BCUT2D eigenvalue weighted by Gasteiger charge is -2.11. The number of hydrogen-bond acceptors (Lipinski definition) is 3. The third kappa shape index (κ3) is 2.88. The van der Waals surface area contributed by atoms with Gasteiger partial charge < -0.3 is 10.8 Å². The Morgan fingerprint density at radius 1 is 1.62 bits per heavy atom. The average Bonchev–Trinajstić information content (AvgIpc) is 2.14. The molecule has 3 N–H and O–H groups in total. The molecule has 1 aromatic heterocycles. The predicted octanol–water partition coefficient (Wildman–Crippen LogP) is 2.12. The molecule has 0 saturated heterocycles. The first-order chi connectivity index (χ1) is 7.45. The van der Waals surface area contributed by atoms with Crippen molar-refractivity contribution in [1.82, 2.24) is 4.98 Å². The van der Waals surface area contributed by atoms with Gasteiger partial charge in [0.1, 0.15) is 5.82 Å². The summed E-state index contributed by atoms with van der Waals surface area (Å²) in [5.74, 6) is -1.50. The molecular formula is C9H9BrF2N2O2. The molecule has 0 aliphatic rings. The van der Waals surface area contributed by atoms with Gasteiger partial charge in [-0.25, -0.2) is 13.8 Å². The van der Waals surface area contributed by atoms with Gasteiger partial charge in [-0.3, -0.25) is 4.79 Å². The Balaban J connectivity index is 3.28. The molecule has 7 heteroatoms. The largest absolute Gasteiger partial charge is 0.481 e. The lowest BCUT2D eigenvalue weighted by Crippen LogP contribution is -2.09. The smallest absolute Gasteiger partial charge is 0.307 e. The molecule has 0 saturated carbocycles. The molecule has 0 bridgehead atoms. The number of carboxylic acids is 1. The van der Waals surface area contributed by atoms with Gasteiger partial charge in [0.25, 0.3) is 6.43 Å². The number of nitrogens with zero attached hydrogens (tertiary/aromatic N) is 1. The fraction of sp³-hybridized carbons (Fsp3) is 0.333. The lowest BCUT2D eigenvalue weighted by atomic mass is 10.1. The minimum atomic E-state index is -2.83. The highest BCUT2D eigenvalue weighted by Gasteiger charge is 2.20. The van der Waals surface area contributed by atoms with Crippen LogP contribution in [0, 0.1) is 0 Å². The van der Waals surface area contributed by atoms with Crippen LogP contribution in [0.1, 0.15) is 23.2 Å². The third-order valence-electron chi connectivity index (χ3n) is 1.92. The van der Waals surface area contributed by atoms with Crippen LogP contribution in [0.15, 0.2) is 6.07 Å². The molecule has 88 valence electrons. The Hall–Kier alpha value is -1.24. The van der Waals surface area contributed by atoms with Crippen LogP contribution in [0.3, 0.4) is 0 Å². The molecule has 16 heavy (non-hydrogen) atoms. The van der Waals surface area contributed by atoms with E-state index in [1.165, 1.54) is 6.07 Å². The number of hydrogen-bond donors (Lipinski definition) is 2. The molecule has 0 radical (unpaired) electrons. The maximum absolute atomic E-state index is 12.6. The highest BCUT2D eigenvalue weighted by atomic mass is 79.9. The van der Waals surface area contributed by atoms with Crippen molar-refractivity contribution in [1.29, 1.82) is 0 Å². The van der Waals surface area contributed by atoms with E-state index >= 15 is 0 Å². The average molecular weight is 295 g/mol. The summed E-state index contributed by atoms with van der Waals surface area (Å²) >= 11 is 3.10. The van der Waals surface area contributed by atoms with Crippen molar-refractivity contribution >= 4 is 27.7 Å². The Morgan fingerprint density at radius 2 is 2.25 bits per heavy atom. The zero-order valence-corrected chi connectivity index (χ0v) is 9.67. The molecule has 0 aromatic carbocycles. The van der Waals surface area contributed by atoms with E-state index in [9.17, 15) is 13.6 Å². The Kier molecular flexibility index (Phi) is 4.17. The van der Waals surface area contributed by atoms with Gasteiger partial charge in [-0.2, -0.15) is 0 Å². The van der Waals surface area contributed by atoms with Gasteiger partial charge in [0.05, 0.1) is 17.7 Å². The minimum Gasteiger partial charge on any atom is -0.481 e. The van der Waals surface area contributed by atoms with E-state index in [1.54, 1.807) is 0 Å². The number of nitrogen functional groups attached to an aromatic ring is 1. The summed E-state index contributed by atoms with van der Waals surface area (Å²) in [6.45, 7) is 0. The first-order valence-electron chi connectivity index (χ1n) is 4.29. The number of aliphatic carboxylic acids is 1. The van der Waals surface area contributed by atoms with E-state index in [0.29, 0.717) is 11.0 Å². The quantitative estimate of drug-likeness (QED) is 0.834. The SMILES string of the molecule is Nc1nc(CBr)cc(CC(=O)O)c1C(F)F. The van der Waals surface area contributed by atoms with Crippen LogP contribution in [0.25, 0.3) is 0 Å². The highest BCUT2D eigenvalue weighted by Crippen LogP contribution is 2.29. The van der Waals surface area contributed by atoms with Crippen LogP contribution >= 0.6 is 15.9 Å². The maximum atomic E-state index is 12.6. The van der Waals surface area contributed by atoms with Gasteiger partial charge in [-0.05, 0) is 11.6 Å². The number of nitrogens with two attached hydrogens (primary N) is 1. The van der Waals surface area contributed by atoms with E-state index < -0.39 is 24.4 Å². The molecule has 0 unspecified atom stereocenters. The summed E-state index contributed by atoms with van der Waals surface area (Å²) in [5, 5.41) is 8.94. The van der Waals surface area contributed by atoms with Crippen molar-refractivity contribution in [3.8, 4) is 0 Å². The van der Waals surface area contributed by atoms with E-state index in [-0.39, 0.29) is 11.4 Å². The van der Waals surface area contributed by atoms with Gasteiger partial charge in [0.2, 0.25) is 0 Å². The summed E-state index contributed by atoms with van der Waals surface area (Å²) in [6.07, 6.45) is -3.32. The first-order valence-corrected chi connectivity index (χ1v) is 5.42. The molecule has 0 amide bonds. The molecule has 1 rings (SSSR count). The standard InChI is InChI=1S/C9H9BrF2N2O2/c10-3-5-1-4(2-6(15)16)7(8(11)12)9(13)14-5/h1,8H,2-3H2,(H2,13,14)(H,15,16). The van der Waals surface area contributed by atoms with Crippen molar-refractivity contribution in [3.63, 3.8) is 0 Å². The number of alkyl halides is 3. The van der Waals surface area contributed by atoms with Crippen molar-refractivity contribution in [2.24, 2.45) is 0 Å². The van der Waals surface area contributed by atoms with E-state index in [2.05, 4.69) is 20.9 Å².